The van der Waals surface area contributed by atoms with Crippen molar-refractivity contribution in [3.8, 4) is 0 Å². The van der Waals surface area contributed by atoms with E-state index in [2.05, 4.69) is 13.5 Å². The molecule has 0 aromatic heterocycles. The summed E-state index contributed by atoms with van der Waals surface area (Å²) in [4.78, 5) is 11.5. The number of carbonyl (C=O) groups excluding carboxylic acids is 1. The standard InChI is InChI=1S/C18H32O2/c1-4-5-6-7-8-9-10-11-12-13-18(14-15-18)20-17(19)16(2)3/h2,4-15H2,1,3H3. The minimum atomic E-state index is -0.210. The van der Waals surface area contributed by atoms with E-state index in [-0.39, 0.29) is 11.6 Å². The molecule has 0 aromatic carbocycles. The van der Waals surface area contributed by atoms with Gasteiger partial charge in [-0.05, 0) is 32.6 Å². The summed E-state index contributed by atoms with van der Waals surface area (Å²) < 4.78 is 5.54. The van der Waals surface area contributed by atoms with E-state index in [0.29, 0.717) is 5.57 Å². The molecular weight excluding hydrogens is 248 g/mol. The fourth-order valence-corrected chi connectivity index (χ4v) is 2.58. The Morgan fingerprint density at radius 2 is 1.50 bits per heavy atom. The van der Waals surface area contributed by atoms with E-state index < -0.39 is 0 Å². The normalized spacial score (nSPS) is 15.9. The molecule has 116 valence electrons. The number of hydrogen-bond acceptors (Lipinski definition) is 2. The lowest BCUT2D eigenvalue weighted by atomic mass is 10.0. The number of rotatable bonds is 12. The minimum absolute atomic E-state index is 0.114. The molecule has 1 saturated carbocycles. The molecule has 1 rings (SSSR count). The summed E-state index contributed by atoms with van der Waals surface area (Å²) in [5, 5.41) is 0. The van der Waals surface area contributed by atoms with Crippen molar-refractivity contribution < 1.29 is 9.53 Å². The fraction of sp³-hybridized carbons (Fsp3) is 0.833. The number of esters is 1. The lowest BCUT2D eigenvalue weighted by Crippen LogP contribution is -2.19. The van der Waals surface area contributed by atoms with Crippen molar-refractivity contribution in [2.75, 3.05) is 0 Å². The molecule has 0 saturated heterocycles. The van der Waals surface area contributed by atoms with Crippen LogP contribution in [-0.2, 0) is 9.53 Å². The average molecular weight is 280 g/mol. The van der Waals surface area contributed by atoms with Crippen LogP contribution in [0.25, 0.3) is 0 Å². The monoisotopic (exact) mass is 280 g/mol. The first-order chi connectivity index (χ1) is 9.59. The summed E-state index contributed by atoms with van der Waals surface area (Å²) in [7, 11) is 0. The van der Waals surface area contributed by atoms with Crippen LogP contribution in [0.15, 0.2) is 12.2 Å². The molecule has 0 amide bonds. The maximum Gasteiger partial charge on any atom is 0.333 e. The van der Waals surface area contributed by atoms with Crippen molar-refractivity contribution in [2.24, 2.45) is 0 Å². The molecule has 1 fully saturated rings. The molecule has 20 heavy (non-hydrogen) atoms. The molecule has 0 unspecified atom stereocenters. The van der Waals surface area contributed by atoms with Gasteiger partial charge in [0.25, 0.3) is 0 Å². The quantitative estimate of drug-likeness (QED) is 0.266. The largest absolute Gasteiger partial charge is 0.456 e. The summed E-state index contributed by atoms with van der Waals surface area (Å²) in [6, 6.07) is 0. The first kappa shape index (κ1) is 17.3. The van der Waals surface area contributed by atoms with E-state index in [1.54, 1.807) is 6.92 Å². The van der Waals surface area contributed by atoms with Crippen LogP contribution in [0.3, 0.4) is 0 Å². The minimum Gasteiger partial charge on any atom is -0.456 e. The van der Waals surface area contributed by atoms with Gasteiger partial charge in [0, 0.05) is 5.57 Å². The van der Waals surface area contributed by atoms with Crippen molar-refractivity contribution in [3.05, 3.63) is 12.2 Å². The second kappa shape index (κ2) is 9.20. The molecule has 2 heteroatoms. The van der Waals surface area contributed by atoms with Gasteiger partial charge < -0.3 is 4.74 Å². The van der Waals surface area contributed by atoms with Crippen LogP contribution in [0.1, 0.15) is 90.9 Å². The van der Waals surface area contributed by atoms with E-state index in [9.17, 15) is 4.79 Å². The zero-order chi connectivity index (χ0) is 14.8. The van der Waals surface area contributed by atoms with Crippen LogP contribution in [-0.4, -0.2) is 11.6 Å². The van der Waals surface area contributed by atoms with Gasteiger partial charge in [0.2, 0.25) is 0 Å². The molecule has 0 bridgehead atoms. The fourth-order valence-electron chi connectivity index (χ4n) is 2.58. The van der Waals surface area contributed by atoms with Crippen molar-refractivity contribution >= 4 is 5.97 Å². The first-order valence-electron chi connectivity index (χ1n) is 8.48. The second-order valence-electron chi connectivity index (χ2n) is 6.43. The summed E-state index contributed by atoms with van der Waals surface area (Å²) in [5.41, 5.74) is 0.403. The van der Waals surface area contributed by atoms with E-state index in [1.807, 2.05) is 0 Å². The summed E-state index contributed by atoms with van der Waals surface area (Å²) in [5.74, 6) is -0.210. The molecule has 0 spiro atoms. The van der Waals surface area contributed by atoms with Crippen LogP contribution < -0.4 is 0 Å². The van der Waals surface area contributed by atoms with Gasteiger partial charge in [0.1, 0.15) is 5.60 Å². The molecule has 0 heterocycles. The Balaban J connectivity index is 1.96. The molecule has 1 aliphatic carbocycles. The smallest absolute Gasteiger partial charge is 0.333 e. The van der Waals surface area contributed by atoms with Gasteiger partial charge in [-0.15, -0.1) is 0 Å². The van der Waals surface area contributed by atoms with Crippen LogP contribution in [0.2, 0.25) is 0 Å². The molecule has 2 nitrogen and oxygen atoms in total. The Morgan fingerprint density at radius 3 is 1.95 bits per heavy atom. The highest BCUT2D eigenvalue weighted by atomic mass is 16.6. The van der Waals surface area contributed by atoms with Crippen molar-refractivity contribution in [1.82, 2.24) is 0 Å². The van der Waals surface area contributed by atoms with Gasteiger partial charge in [0.05, 0.1) is 0 Å². The predicted molar refractivity (Wildman–Crippen MR) is 84.7 cm³/mol. The topological polar surface area (TPSA) is 26.3 Å². The number of unbranched alkanes of at least 4 members (excludes halogenated alkanes) is 8. The predicted octanol–water partition coefficient (Wildman–Crippen LogP) is 5.56. The molecule has 1 aliphatic rings. The van der Waals surface area contributed by atoms with Crippen LogP contribution in [0.5, 0.6) is 0 Å². The molecule has 0 N–H and O–H groups in total. The van der Waals surface area contributed by atoms with Crippen molar-refractivity contribution in [2.45, 2.75) is 96.5 Å². The van der Waals surface area contributed by atoms with E-state index >= 15 is 0 Å². The van der Waals surface area contributed by atoms with E-state index in [4.69, 9.17) is 4.74 Å². The van der Waals surface area contributed by atoms with Crippen LogP contribution >= 0.6 is 0 Å². The van der Waals surface area contributed by atoms with Gasteiger partial charge in [0.15, 0.2) is 0 Å². The number of carbonyl (C=O) groups is 1. The molecule has 0 aromatic rings. The SMILES string of the molecule is C=C(C)C(=O)OC1(CCCCCCCCCCC)CC1. The van der Waals surface area contributed by atoms with Crippen molar-refractivity contribution in [1.29, 1.82) is 0 Å². The Bertz CT molecular complexity index is 303. The summed E-state index contributed by atoms with van der Waals surface area (Å²) in [6.45, 7) is 7.62. The van der Waals surface area contributed by atoms with Crippen LogP contribution in [0, 0.1) is 0 Å². The number of ether oxygens (including phenoxy) is 1. The maximum atomic E-state index is 11.5. The van der Waals surface area contributed by atoms with Crippen molar-refractivity contribution in [3.63, 3.8) is 0 Å². The molecule has 0 radical (unpaired) electrons. The first-order valence-corrected chi connectivity index (χ1v) is 8.48. The van der Waals surface area contributed by atoms with Gasteiger partial charge in [-0.25, -0.2) is 4.79 Å². The summed E-state index contributed by atoms with van der Waals surface area (Å²) >= 11 is 0. The molecular formula is C18H32O2. The lowest BCUT2D eigenvalue weighted by Gasteiger charge is -2.16. The molecule has 0 atom stereocenters. The Labute approximate surface area is 125 Å². The molecule has 0 aliphatic heterocycles. The van der Waals surface area contributed by atoms with E-state index in [0.717, 1.165) is 19.3 Å². The van der Waals surface area contributed by atoms with Crippen LogP contribution in [0.4, 0.5) is 0 Å². The summed E-state index contributed by atoms with van der Waals surface area (Å²) in [6.07, 6.45) is 15.2. The zero-order valence-corrected chi connectivity index (χ0v) is 13.5. The Morgan fingerprint density at radius 1 is 1.00 bits per heavy atom. The third kappa shape index (κ3) is 7.12. The Hall–Kier alpha value is -0.790. The van der Waals surface area contributed by atoms with Gasteiger partial charge in [-0.2, -0.15) is 0 Å². The van der Waals surface area contributed by atoms with Gasteiger partial charge in [-0.3, -0.25) is 0 Å². The second-order valence-corrected chi connectivity index (χ2v) is 6.43. The highest BCUT2D eigenvalue weighted by Crippen LogP contribution is 2.44. The van der Waals surface area contributed by atoms with Gasteiger partial charge >= 0.3 is 5.97 Å². The highest BCUT2D eigenvalue weighted by molar-refractivity contribution is 5.87. The lowest BCUT2D eigenvalue weighted by molar-refractivity contribution is -0.146. The Kier molecular flexibility index (Phi) is 7.94. The maximum absolute atomic E-state index is 11.5. The third-order valence-corrected chi connectivity index (χ3v) is 4.20. The highest BCUT2D eigenvalue weighted by Gasteiger charge is 2.45. The van der Waals surface area contributed by atoms with Gasteiger partial charge in [-0.1, -0.05) is 64.9 Å². The number of hydrogen-bond donors (Lipinski definition) is 0. The third-order valence-electron chi connectivity index (χ3n) is 4.20. The zero-order valence-electron chi connectivity index (χ0n) is 13.5. The average Bonchev–Trinajstić information content (AvgIpc) is 3.16. The van der Waals surface area contributed by atoms with E-state index in [1.165, 1.54) is 57.8 Å².